The van der Waals surface area contributed by atoms with E-state index < -0.39 is 24.1 Å². The van der Waals surface area contributed by atoms with Crippen LogP contribution in [0.3, 0.4) is 0 Å². The van der Waals surface area contributed by atoms with Gasteiger partial charge in [0, 0.05) is 11.7 Å². The van der Waals surface area contributed by atoms with Crippen LogP contribution in [0.4, 0.5) is 5.69 Å². The summed E-state index contributed by atoms with van der Waals surface area (Å²) in [5.41, 5.74) is 4.61. The Morgan fingerprint density at radius 1 is 0.949 bits per heavy atom. The molecule has 0 aromatic heterocycles. The molecule has 1 aliphatic carbocycles. The van der Waals surface area contributed by atoms with Crippen molar-refractivity contribution in [3.63, 3.8) is 0 Å². The summed E-state index contributed by atoms with van der Waals surface area (Å²) >= 11 is 3.51. The van der Waals surface area contributed by atoms with Crippen LogP contribution in [0.2, 0.25) is 0 Å². The van der Waals surface area contributed by atoms with Gasteiger partial charge in [-0.25, -0.2) is 5.01 Å². The number of nitrogens with zero attached hydrogens (tertiary/aromatic N) is 2. The maximum absolute atomic E-state index is 13.9. The van der Waals surface area contributed by atoms with E-state index in [1.807, 2.05) is 30.3 Å². The Balaban J connectivity index is 1.52. The molecule has 2 N–H and O–H groups in total. The molecule has 2 aromatic rings. The minimum atomic E-state index is -1.06. The highest BCUT2D eigenvalue weighted by atomic mass is 79.9. The lowest BCUT2D eigenvalue weighted by atomic mass is 9.90. The van der Waals surface area contributed by atoms with Gasteiger partial charge in [-0.3, -0.25) is 14.5 Å². The summed E-state index contributed by atoms with van der Waals surface area (Å²) in [7, 11) is 4.68. The van der Waals surface area contributed by atoms with Crippen LogP contribution in [0.15, 0.2) is 53.0 Å². The number of benzene rings is 2. The van der Waals surface area contributed by atoms with Crippen molar-refractivity contribution in [3.8, 4) is 17.2 Å². The van der Waals surface area contributed by atoms with Gasteiger partial charge in [-0.05, 0) is 70.7 Å². The number of methoxy groups -OCH3 is 3. The van der Waals surface area contributed by atoms with Gasteiger partial charge in [0.05, 0.1) is 37.8 Å². The van der Waals surface area contributed by atoms with Crippen molar-refractivity contribution in [2.75, 3.05) is 26.8 Å². The van der Waals surface area contributed by atoms with Crippen molar-refractivity contribution < 1.29 is 28.9 Å². The molecule has 5 rings (SSSR count). The smallest absolute Gasteiger partial charge is 0.249 e. The maximum atomic E-state index is 13.9. The third-order valence-corrected chi connectivity index (χ3v) is 8.49. The number of hydrogen-bond donors (Lipinski definition) is 2. The van der Waals surface area contributed by atoms with Crippen LogP contribution in [0, 0.1) is 5.92 Å². The number of aliphatic hydroxyl groups excluding tert-OH is 1. The molecule has 2 amide bonds. The fraction of sp³-hybridized carbons (Fsp3) is 0.448. The zero-order chi connectivity index (χ0) is 27.7. The molecule has 10 heteroatoms. The van der Waals surface area contributed by atoms with Gasteiger partial charge < -0.3 is 24.7 Å². The lowest BCUT2D eigenvalue weighted by Gasteiger charge is -2.41. The Kier molecular flexibility index (Phi) is 8.16. The van der Waals surface area contributed by atoms with Gasteiger partial charge in [0.1, 0.15) is 17.9 Å². The number of halogens is 1. The number of rotatable bonds is 8. The van der Waals surface area contributed by atoms with Crippen LogP contribution < -0.4 is 19.6 Å². The van der Waals surface area contributed by atoms with E-state index in [4.69, 9.17) is 14.2 Å². The van der Waals surface area contributed by atoms with Gasteiger partial charge in [0.2, 0.25) is 11.8 Å². The average Bonchev–Trinajstić information content (AvgIpc) is 3.22. The van der Waals surface area contributed by atoms with Crippen LogP contribution in [0.5, 0.6) is 17.2 Å². The fourth-order valence-electron chi connectivity index (χ4n) is 5.91. The highest BCUT2D eigenvalue weighted by Crippen LogP contribution is 2.42. The quantitative estimate of drug-likeness (QED) is 0.339. The number of amides is 2. The first-order chi connectivity index (χ1) is 18.9. The van der Waals surface area contributed by atoms with Crippen molar-refractivity contribution in [2.45, 2.75) is 56.3 Å². The molecule has 0 spiro atoms. The number of nitrogens with one attached hydrogen (secondary N) is 1. The summed E-state index contributed by atoms with van der Waals surface area (Å²) in [6.07, 6.45) is 7.34. The minimum Gasteiger partial charge on any atom is -0.497 e. The highest BCUT2D eigenvalue weighted by Gasteiger charge is 2.55. The second-order valence-corrected chi connectivity index (χ2v) is 11.0. The van der Waals surface area contributed by atoms with Crippen LogP contribution >= 0.6 is 15.9 Å². The number of carbonyl (C=O) groups excluding carboxylic acids is 2. The molecule has 2 aliphatic heterocycles. The molecule has 9 nitrogen and oxygen atoms in total. The van der Waals surface area contributed by atoms with Gasteiger partial charge in [0.15, 0.2) is 11.5 Å². The topological polar surface area (TPSA) is 101 Å². The predicted molar refractivity (Wildman–Crippen MR) is 150 cm³/mol. The van der Waals surface area contributed by atoms with Crippen molar-refractivity contribution >= 4 is 33.4 Å². The molecule has 3 aliphatic rings. The Morgan fingerprint density at radius 3 is 2.31 bits per heavy atom. The molecule has 2 aromatic carbocycles. The molecular formula is C29H34BrN3O6. The minimum absolute atomic E-state index is 0.0780. The van der Waals surface area contributed by atoms with Crippen molar-refractivity contribution in [3.05, 3.63) is 58.6 Å². The number of aliphatic hydroxyl groups is 1. The number of hydrogen-bond acceptors (Lipinski definition) is 8. The molecule has 0 radical (unpaired) electrons. The first-order valence-electron chi connectivity index (χ1n) is 13.2. The molecule has 208 valence electrons. The lowest BCUT2D eigenvalue weighted by molar-refractivity contribution is -0.143. The maximum Gasteiger partial charge on any atom is 0.249 e. The number of anilines is 1. The average molecular weight is 601 g/mol. The number of fused-ring (bicyclic) bond motifs is 1. The zero-order valence-electron chi connectivity index (χ0n) is 22.3. The Bertz CT molecular complexity index is 1250. The molecule has 0 unspecified atom stereocenters. The summed E-state index contributed by atoms with van der Waals surface area (Å²) in [6.45, 7) is 0. The predicted octanol–water partition coefficient (Wildman–Crippen LogP) is 4.46. The van der Waals surface area contributed by atoms with Gasteiger partial charge in [-0.15, -0.1) is 0 Å². The Morgan fingerprint density at radius 2 is 1.67 bits per heavy atom. The second-order valence-electron chi connectivity index (χ2n) is 10.1. The third-order valence-electron chi connectivity index (χ3n) is 7.90. The van der Waals surface area contributed by atoms with Crippen LogP contribution in [-0.2, 0) is 9.59 Å². The van der Waals surface area contributed by atoms with Crippen LogP contribution in [0.25, 0.3) is 0 Å². The van der Waals surface area contributed by atoms with E-state index in [0.717, 1.165) is 32.1 Å². The van der Waals surface area contributed by atoms with E-state index in [-0.39, 0.29) is 17.9 Å². The van der Waals surface area contributed by atoms with E-state index >= 15 is 0 Å². The van der Waals surface area contributed by atoms with Crippen molar-refractivity contribution in [1.82, 2.24) is 9.91 Å². The largest absolute Gasteiger partial charge is 0.497 e. The Hall–Kier alpha value is -3.08. The first-order valence-corrected chi connectivity index (χ1v) is 14.0. The molecular weight excluding hydrogens is 566 g/mol. The zero-order valence-corrected chi connectivity index (χ0v) is 23.9. The molecule has 1 saturated heterocycles. The molecule has 1 saturated carbocycles. The first kappa shape index (κ1) is 27.5. The SMILES string of the molecule is COc1ccc(NN2[C@@H]([C@H](O)c3cc(Br)c(OC)c(OC)c3)C=C[C@H]3C(=O)N(C4CCCCC4)C(=O)[C@H]32)cc1. The van der Waals surface area contributed by atoms with Gasteiger partial charge in [-0.2, -0.15) is 0 Å². The van der Waals surface area contributed by atoms with Crippen LogP contribution in [-0.4, -0.2) is 66.3 Å². The van der Waals surface area contributed by atoms with Gasteiger partial charge in [-0.1, -0.05) is 31.4 Å². The van der Waals surface area contributed by atoms with Crippen molar-refractivity contribution in [2.24, 2.45) is 5.92 Å². The molecule has 2 heterocycles. The number of imide groups is 1. The summed E-state index contributed by atoms with van der Waals surface area (Å²) in [6, 6.07) is 9.25. The van der Waals surface area contributed by atoms with E-state index in [1.54, 1.807) is 37.4 Å². The highest BCUT2D eigenvalue weighted by molar-refractivity contribution is 9.10. The molecule has 0 bridgehead atoms. The normalized spacial score (nSPS) is 24.4. The fourth-order valence-corrected chi connectivity index (χ4v) is 6.53. The molecule has 4 atom stereocenters. The lowest BCUT2D eigenvalue weighted by Crippen LogP contribution is -2.56. The monoisotopic (exact) mass is 599 g/mol. The number of carbonyl (C=O) groups is 2. The Labute approximate surface area is 236 Å². The standard InChI is InChI=1S/C29H34BrN3O6/c1-37-20-11-9-18(10-12-20)31-33-23(26(34)17-15-22(30)27(39-3)24(16-17)38-2)14-13-21-25(33)29(36)32(28(21)35)19-7-5-4-6-8-19/h9-16,19,21,23,25-26,31,34H,4-8H2,1-3H3/t21-,23-,25+,26-/m1/s1. The number of ether oxygens (including phenoxy) is 3. The van der Waals surface area contributed by atoms with E-state index in [0.29, 0.717) is 33.0 Å². The third kappa shape index (κ3) is 5.13. The van der Waals surface area contributed by atoms with E-state index in [9.17, 15) is 14.7 Å². The summed E-state index contributed by atoms with van der Waals surface area (Å²) in [5.74, 6) is 0.638. The van der Waals surface area contributed by atoms with Crippen LogP contribution in [0.1, 0.15) is 43.8 Å². The molecule has 2 fully saturated rings. The van der Waals surface area contributed by atoms with E-state index in [1.165, 1.54) is 12.0 Å². The van der Waals surface area contributed by atoms with Crippen molar-refractivity contribution in [1.29, 1.82) is 0 Å². The summed E-state index contributed by atoms with van der Waals surface area (Å²) in [4.78, 5) is 29.0. The van der Waals surface area contributed by atoms with E-state index in [2.05, 4.69) is 21.4 Å². The second kappa shape index (κ2) is 11.6. The summed E-state index contributed by atoms with van der Waals surface area (Å²) in [5, 5.41) is 13.4. The van der Waals surface area contributed by atoms with Gasteiger partial charge >= 0.3 is 0 Å². The van der Waals surface area contributed by atoms with Gasteiger partial charge in [0.25, 0.3) is 0 Å². The summed E-state index contributed by atoms with van der Waals surface area (Å²) < 4.78 is 16.8. The molecule has 39 heavy (non-hydrogen) atoms. The number of hydrazine groups is 1. The number of likely N-dealkylation sites (tertiary alicyclic amines) is 1.